The molecule has 0 atom stereocenters. The molecule has 1 heterocycles. The summed E-state index contributed by atoms with van der Waals surface area (Å²) in [5.41, 5.74) is 1.57. The Kier molecular flexibility index (Phi) is 1.16. The Balaban J connectivity index is 3.00. The molecule has 0 aliphatic heterocycles. The lowest BCUT2D eigenvalue weighted by Gasteiger charge is -1.70. The van der Waals surface area contributed by atoms with Gasteiger partial charge >= 0.3 is 0 Å². The van der Waals surface area contributed by atoms with Gasteiger partial charge in [-0.05, 0) is 13.0 Å². The number of H-pyrrole nitrogens is 1. The molecular weight excluding hydrogens is 102 g/mol. The summed E-state index contributed by atoms with van der Waals surface area (Å²) in [6.07, 6.45) is 3.39. The smallest absolute Gasteiger partial charge is 0.235 e. The lowest BCUT2D eigenvalue weighted by Crippen LogP contribution is -1.67. The van der Waals surface area contributed by atoms with Gasteiger partial charge in [0.25, 0.3) is 0 Å². The summed E-state index contributed by atoms with van der Waals surface area (Å²) in [6.45, 7) is 1.89. The van der Waals surface area contributed by atoms with Crippen molar-refractivity contribution in [2.75, 3.05) is 0 Å². The Bertz CT molecular complexity index is 190. The fourth-order valence-corrected chi connectivity index (χ4v) is 0.567. The van der Waals surface area contributed by atoms with Crippen molar-refractivity contribution in [1.29, 1.82) is 0 Å². The normalized spacial score (nSPS) is 9.12. The molecule has 8 heavy (non-hydrogen) atoms. The third-order valence-electron chi connectivity index (χ3n) is 0.945. The number of nitrogens with one attached hydrogen (secondary N) is 1. The second-order valence-corrected chi connectivity index (χ2v) is 1.67. The van der Waals surface area contributed by atoms with Crippen LogP contribution in [0, 0.1) is 6.92 Å². The predicted molar refractivity (Wildman–Crippen MR) is 30.3 cm³/mol. The summed E-state index contributed by atoms with van der Waals surface area (Å²) in [6, 6.07) is 1.74. The molecule has 2 nitrogen and oxygen atoms in total. The van der Waals surface area contributed by atoms with E-state index in [4.69, 9.17) is 0 Å². The second kappa shape index (κ2) is 1.82. The summed E-state index contributed by atoms with van der Waals surface area (Å²) in [5, 5.41) is 0. The Hall–Kier alpha value is -1.05. The summed E-state index contributed by atoms with van der Waals surface area (Å²) in [4.78, 5) is 12.7. The van der Waals surface area contributed by atoms with Crippen molar-refractivity contribution in [2.45, 2.75) is 6.92 Å². The summed E-state index contributed by atoms with van der Waals surface area (Å²) >= 11 is 0. The fourth-order valence-electron chi connectivity index (χ4n) is 0.567. The van der Waals surface area contributed by atoms with Crippen molar-refractivity contribution in [1.82, 2.24) is 4.98 Å². The predicted octanol–water partition coefficient (Wildman–Crippen LogP) is 0.781. The monoisotopic (exact) mass is 108 g/mol. The average molecular weight is 108 g/mol. The van der Waals surface area contributed by atoms with E-state index < -0.39 is 0 Å². The summed E-state index contributed by atoms with van der Waals surface area (Å²) < 4.78 is 0. The largest absolute Gasteiger partial charge is 0.364 e. The van der Waals surface area contributed by atoms with E-state index in [1.165, 1.54) is 0 Å². The van der Waals surface area contributed by atoms with Crippen molar-refractivity contribution < 1.29 is 4.79 Å². The van der Waals surface area contributed by atoms with Gasteiger partial charge in [-0.25, -0.2) is 0 Å². The summed E-state index contributed by atoms with van der Waals surface area (Å²) in [7, 11) is 0. The first kappa shape index (κ1) is 5.09. The van der Waals surface area contributed by atoms with Gasteiger partial charge in [0, 0.05) is 17.5 Å². The molecule has 1 aromatic heterocycles. The molecule has 0 aliphatic carbocycles. The number of hydrogen-bond acceptors (Lipinski definition) is 1. The second-order valence-electron chi connectivity index (χ2n) is 1.67. The molecule has 1 rings (SSSR count). The number of rotatable bonds is 1. The summed E-state index contributed by atoms with van der Waals surface area (Å²) in [5.74, 6) is 0. The van der Waals surface area contributed by atoms with E-state index >= 15 is 0 Å². The standard InChI is InChI=1S/C6H6NO/c1-5-2-6(4-8)3-7-5/h2-3,7H,1H3. The van der Waals surface area contributed by atoms with Crippen LogP contribution in [0.15, 0.2) is 12.3 Å². The molecule has 41 valence electrons. The van der Waals surface area contributed by atoms with Crippen molar-refractivity contribution in [3.63, 3.8) is 0 Å². The van der Waals surface area contributed by atoms with E-state index in [1.807, 2.05) is 6.92 Å². The molecule has 0 fully saturated rings. The van der Waals surface area contributed by atoms with E-state index in [9.17, 15) is 4.79 Å². The van der Waals surface area contributed by atoms with Crippen LogP contribution in [0.3, 0.4) is 0 Å². The molecule has 0 aliphatic rings. The highest BCUT2D eigenvalue weighted by Gasteiger charge is 1.89. The molecule has 1 N–H and O–H groups in total. The van der Waals surface area contributed by atoms with Gasteiger partial charge < -0.3 is 4.98 Å². The Morgan fingerprint density at radius 3 is 2.75 bits per heavy atom. The average Bonchev–Trinajstić information content (AvgIpc) is 2.14. The van der Waals surface area contributed by atoms with E-state index in [1.54, 1.807) is 18.5 Å². The van der Waals surface area contributed by atoms with E-state index in [2.05, 4.69) is 4.98 Å². The van der Waals surface area contributed by atoms with Crippen LogP contribution in [0.2, 0.25) is 0 Å². The lowest BCUT2D eigenvalue weighted by molar-refractivity contribution is 0.563. The molecule has 0 saturated heterocycles. The van der Waals surface area contributed by atoms with Gasteiger partial charge in [-0.2, -0.15) is 0 Å². The maximum Gasteiger partial charge on any atom is 0.235 e. The minimum atomic E-state index is 0.586. The molecule has 0 amide bonds. The quantitative estimate of drug-likeness (QED) is 0.566. The zero-order valence-corrected chi connectivity index (χ0v) is 4.56. The fraction of sp³-hybridized carbons (Fsp3) is 0.167. The van der Waals surface area contributed by atoms with Crippen LogP contribution in [0.4, 0.5) is 0 Å². The number of aromatic amines is 1. The molecule has 2 heteroatoms. The number of hydrogen-bond donors (Lipinski definition) is 1. The molecular formula is C6H6NO. The van der Waals surface area contributed by atoms with Crippen LogP contribution in [0.25, 0.3) is 0 Å². The van der Waals surface area contributed by atoms with Crippen LogP contribution in [-0.4, -0.2) is 11.3 Å². The van der Waals surface area contributed by atoms with Crippen LogP contribution in [0.1, 0.15) is 11.3 Å². The first-order valence-corrected chi connectivity index (χ1v) is 2.36. The lowest BCUT2D eigenvalue weighted by atomic mass is 10.3. The Morgan fingerprint density at radius 2 is 2.50 bits per heavy atom. The topological polar surface area (TPSA) is 32.9 Å². The van der Waals surface area contributed by atoms with Gasteiger partial charge in [0.1, 0.15) is 0 Å². The third kappa shape index (κ3) is 0.780. The highest BCUT2D eigenvalue weighted by atomic mass is 16.1. The van der Waals surface area contributed by atoms with Gasteiger partial charge in [-0.3, -0.25) is 4.79 Å². The van der Waals surface area contributed by atoms with E-state index in [0.29, 0.717) is 5.56 Å². The maximum atomic E-state index is 9.87. The SMILES string of the molecule is Cc1cc([C]=O)c[nH]1. The van der Waals surface area contributed by atoms with Crippen LogP contribution in [-0.2, 0) is 4.79 Å². The minimum absolute atomic E-state index is 0.586. The molecule has 1 aromatic rings. The maximum absolute atomic E-state index is 9.87. The zero-order valence-electron chi connectivity index (χ0n) is 4.56. The molecule has 0 spiro atoms. The first-order chi connectivity index (χ1) is 3.83. The minimum Gasteiger partial charge on any atom is -0.364 e. The van der Waals surface area contributed by atoms with Crippen molar-refractivity contribution in [3.05, 3.63) is 23.5 Å². The van der Waals surface area contributed by atoms with E-state index in [-0.39, 0.29) is 0 Å². The van der Waals surface area contributed by atoms with Gasteiger partial charge in [-0.15, -0.1) is 0 Å². The van der Waals surface area contributed by atoms with Gasteiger partial charge in [0.15, 0.2) is 0 Å². The Morgan fingerprint density at radius 1 is 1.75 bits per heavy atom. The van der Waals surface area contributed by atoms with Crippen molar-refractivity contribution >= 4 is 6.29 Å². The highest BCUT2D eigenvalue weighted by Crippen LogP contribution is 1.96. The Labute approximate surface area is 47.5 Å². The molecule has 0 aromatic carbocycles. The van der Waals surface area contributed by atoms with E-state index in [0.717, 1.165) is 5.69 Å². The number of aryl methyl sites for hydroxylation is 1. The van der Waals surface area contributed by atoms with Gasteiger partial charge in [0.05, 0.1) is 0 Å². The molecule has 1 radical (unpaired) electrons. The van der Waals surface area contributed by atoms with Gasteiger partial charge in [0.2, 0.25) is 6.29 Å². The van der Waals surface area contributed by atoms with Gasteiger partial charge in [-0.1, -0.05) is 0 Å². The molecule has 0 bridgehead atoms. The number of carbonyl (C=O) groups excluding carboxylic acids is 1. The third-order valence-corrected chi connectivity index (χ3v) is 0.945. The number of aromatic nitrogens is 1. The van der Waals surface area contributed by atoms with Crippen molar-refractivity contribution in [3.8, 4) is 0 Å². The molecule has 0 saturated carbocycles. The zero-order chi connectivity index (χ0) is 5.98. The van der Waals surface area contributed by atoms with Crippen LogP contribution >= 0.6 is 0 Å². The molecule has 0 unspecified atom stereocenters. The van der Waals surface area contributed by atoms with Crippen molar-refractivity contribution in [2.24, 2.45) is 0 Å². The van der Waals surface area contributed by atoms with Crippen LogP contribution in [0.5, 0.6) is 0 Å². The van der Waals surface area contributed by atoms with Crippen LogP contribution < -0.4 is 0 Å². The highest BCUT2D eigenvalue weighted by molar-refractivity contribution is 5.74. The first-order valence-electron chi connectivity index (χ1n) is 2.36.